The number of aromatic amines is 1. The third-order valence-electron chi connectivity index (χ3n) is 4.34. The molecule has 2 aromatic heterocycles. The molecule has 0 bridgehead atoms. The van der Waals surface area contributed by atoms with E-state index < -0.39 is 36.4 Å². The molecule has 6 nitrogen and oxygen atoms in total. The number of hydrogen-bond donors (Lipinski definition) is 2. The highest BCUT2D eigenvalue weighted by Crippen LogP contribution is 2.46. The van der Waals surface area contributed by atoms with Gasteiger partial charge in [0.25, 0.3) is 5.91 Å². The molecule has 1 fully saturated rings. The van der Waals surface area contributed by atoms with E-state index in [1.165, 1.54) is 17.4 Å². The average molecular weight is 373 g/mol. The molecule has 0 aromatic carbocycles. The standard InChI is InChI=1S/C15H14F3N3O3S/c1-8-20-11(6-25-8)9-4-10(19-5-9)12(22)21-3-2-14(7-21,13(23)24)15(16,17)18/h4-6,19H,2-3,7H2,1H3,(H,23,24). The van der Waals surface area contributed by atoms with Gasteiger partial charge in [0.05, 0.1) is 10.7 Å². The fraction of sp³-hybridized carbons (Fsp3) is 0.400. The molecule has 1 atom stereocenters. The van der Waals surface area contributed by atoms with Crippen LogP contribution in [0.3, 0.4) is 0 Å². The van der Waals surface area contributed by atoms with Gasteiger partial charge in [-0.15, -0.1) is 11.3 Å². The van der Waals surface area contributed by atoms with Crippen LogP contribution in [-0.2, 0) is 4.79 Å². The summed E-state index contributed by atoms with van der Waals surface area (Å²) in [5.74, 6) is -2.62. The zero-order chi connectivity index (χ0) is 18.4. The largest absolute Gasteiger partial charge is 0.481 e. The quantitative estimate of drug-likeness (QED) is 0.866. The highest BCUT2D eigenvalue weighted by Gasteiger charge is 2.64. The molecule has 1 saturated heterocycles. The maximum absolute atomic E-state index is 13.2. The number of likely N-dealkylation sites (tertiary alicyclic amines) is 1. The van der Waals surface area contributed by atoms with Crippen molar-refractivity contribution in [2.24, 2.45) is 5.41 Å². The van der Waals surface area contributed by atoms with Crippen molar-refractivity contribution in [3.05, 3.63) is 28.3 Å². The number of aryl methyl sites for hydroxylation is 1. The lowest BCUT2D eigenvalue weighted by atomic mass is 9.86. The SMILES string of the molecule is Cc1nc(-c2c[nH]c(C(=O)N3CCC(C(=O)O)(C(F)(F)F)C3)c2)cs1. The number of alkyl halides is 3. The van der Waals surface area contributed by atoms with Crippen molar-refractivity contribution in [2.45, 2.75) is 19.5 Å². The lowest BCUT2D eigenvalue weighted by Crippen LogP contribution is -2.47. The average Bonchev–Trinajstić information content (AvgIpc) is 3.24. The van der Waals surface area contributed by atoms with Crippen molar-refractivity contribution < 1.29 is 27.9 Å². The summed E-state index contributed by atoms with van der Waals surface area (Å²) in [6.45, 7) is 0.670. The monoisotopic (exact) mass is 373 g/mol. The predicted molar refractivity (Wildman–Crippen MR) is 83.3 cm³/mol. The van der Waals surface area contributed by atoms with E-state index in [-0.39, 0.29) is 12.2 Å². The summed E-state index contributed by atoms with van der Waals surface area (Å²) < 4.78 is 39.6. The van der Waals surface area contributed by atoms with E-state index >= 15 is 0 Å². The molecule has 1 amide bonds. The first-order valence-electron chi connectivity index (χ1n) is 7.34. The third kappa shape index (κ3) is 2.90. The first-order valence-corrected chi connectivity index (χ1v) is 8.22. The van der Waals surface area contributed by atoms with Gasteiger partial charge in [0.2, 0.25) is 0 Å². The Bertz CT molecular complexity index is 829. The number of nitrogens with zero attached hydrogens (tertiary/aromatic N) is 2. The minimum absolute atomic E-state index is 0.101. The molecule has 0 radical (unpaired) electrons. The highest BCUT2D eigenvalue weighted by molar-refractivity contribution is 7.09. The number of halogens is 3. The molecule has 3 heterocycles. The van der Waals surface area contributed by atoms with E-state index in [1.807, 2.05) is 12.3 Å². The summed E-state index contributed by atoms with van der Waals surface area (Å²) in [4.78, 5) is 31.6. The second-order valence-corrected chi connectivity index (χ2v) is 6.98. The van der Waals surface area contributed by atoms with Gasteiger partial charge >= 0.3 is 12.1 Å². The molecule has 2 N–H and O–H groups in total. The summed E-state index contributed by atoms with van der Waals surface area (Å²) in [6, 6.07) is 1.51. The van der Waals surface area contributed by atoms with Crippen LogP contribution in [0.25, 0.3) is 11.3 Å². The normalized spacial score (nSPS) is 20.9. The number of hydrogen-bond acceptors (Lipinski definition) is 4. The number of thiazole rings is 1. The number of carboxylic acids is 1. The Kier molecular flexibility index (Phi) is 4.10. The van der Waals surface area contributed by atoms with Crippen molar-refractivity contribution in [1.82, 2.24) is 14.9 Å². The van der Waals surface area contributed by atoms with Crippen LogP contribution in [0, 0.1) is 12.3 Å². The van der Waals surface area contributed by atoms with Crippen molar-refractivity contribution in [3.63, 3.8) is 0 Å². The second kappa shape index (κ2) is 5.87. The van der Waals surface area contributed by atoms with Gasteiger partial charge in [-0.1, -0.05) is 0 Å². The van der Waals surface area contributed by atoms with Crippen LogP contribution in [0.4, 0.5) is 13.2 Å². The third-order valence-corrected chi connectivity index (χ3v) is 5.11. The topological polar surface area (TPSA) is 86.3 Å². The molecule has 0 spiro atoms. The molecule has 2 aromatic rings. The summed E-state index contributed by atoms with van der Waals surface area (Å²) in [5, 5.41) is 11.7. The van der Waals surface area contributed by atoms with Crippen LogP contribution in [0.15, 0.2) is 17.6 Å². The Morgan fingerprint density at radius 2 is 2.16 bits per heavy atom. The van der Waals surface area contributed by atoms with Gasteiger partial charge in [-0.25, -0.2) is 4.98 Å². The summed E-state index contributed by atoms with van der Waals surface area (Å²) in [5.41, 5.74) is -1.50. The van der Waals surface area contributed by atoms with Gasteiger partial charge < -0.3 is 15.0 Å². The Morgan fingerprint density at radius 3 is 2.68 bits per heavy atom. The number of carbonyl (C=O) groups is 2. The maximum atomic E-state index is 13.2. The number of amides is 1. The fourth-order valence-corrected chi connectivity index (χ4v) is 3.46. The number of H-pyrrole nitrogens is 1. The molecule has 25 heavy (non-hydrogen) atoms. The Labute approximate surface area is 144 Å². The summed E-state index contributed by atoms with van der Waals surface area (Å²) >= 11 is 1.44. The molecule has 10 heteroatoms. The van der Waals surface area contributed by atoms with Crippen molar-refractivity contribution in [2.75, 3.05) is 13.1 Å². The van der Waals surface area contributed by atoms with E-state index in [9.17, 15) is 22.8 Å². The van der Waals surface area contributed by atoms with Crippen LogP contribution in [0.1, 0.15) is 21.9 Å². The minimum atomic E-state index is -4.92. The number of carbonyl (C=O) groups excluding carboxylic acids is 1. The van der Waals surface area contributed by atoms with E-state index in [0.717, 1.165) is 9.91 Å². The Morgan fingerprint density at radius 1 is 1.44 bits per heavy atom. The maximum Gasteiger partial charge on any atom is 0.406 e. The van der Waals surface area contributed by atoms with Crippen LogP contribution >= 0.6 is 11.3 Å². The summed E-state index contributed by atoms with van der Waals surface area (Å²) in [7, 11) is 0. The van der Waals surface area contributed by atoms with Gasteiger partial charge in [0.15, 0.2) is 5.41 Å². The minimum Gasteiger partial charge on any atom is -0.481 e. The zero-order valence-electron chi connectivity index (χ0n) is 13.1. The molecule has 1 unspecified atom stereocenters. The number of aliphatic carboxylic acids is 1. The number of nitrogens with one attached hydrogen (secondary N) is 1. The second-order valence-electron chi connectivity index (χ2n) is 5.92. The van der Waals surface area contributed by atoms with Crippen molar-refractivity contribution >= 4 is 23.2 Å². The van der Waals surface area contributed by atoms with Crippen LogP contribution < -0.4 is 0 Å². The van der Waals surface area contributed by atoms with E-state index in [4.69, 9.17) is 5.11 Å². The molecular weight excluding hydrogens is 359 g/mol. The molecule has 1 aliphatic rings. The summed E-state index contributed by atoms with van der Waals surface area (Å²) in [6.07, 6.45) is -4.03. The molecule has 1 aliphatic heterocycles. The molecule has 0 aliphatic carbocycles. The Balaban J connectivity index is 1.81. The van der Waals surface area contributed by atoms with Gasteiger partial charge in [-0.2, -0.15) is 13.2 Å². The van der Waals surface area contributed by atoms with E-state index in [0.29, 0.717) is 11.3 Å². The molecule has 0 saturated carbocycles. The van der Waals surface area contributed by atoms with Gasteiger partial charge in [0, 0.05) is 30.2 Å². The first kappa shape index (κ1) is 17.5. The van der Waals surface area contributed by atoms with Crippen LogP contribution in [0.5, 0.6) is 0 Å². The smallest absolute Gasteiger partial charge is 0.406 e. The predicted octanol–water partition coefficient (Wildman–Crippen LogP) is 2.93. The lowest BCUT2D eigenvalue weighted by Gasteiger charge is -2.27. The van der Waals surface area contributed by atoms with Gasteiger partial charge in [-0.05, 0) is 19.4 Å². The van der Waals surface area contributed by atoms with Gasteiger partial charge in [-0.3, -0.25) is 9.59 Å². The van der Waals surface area contributed by atoms with Gasteiger partial charge in [0.1, 0.15) is 5.69 Å². The van der Waals surface area contributed by atoms with Crippen molar-refractivity contribution in [1.29, 1.82) is 0 Å². The highest BCUT2D eigenvalue weighted by atomic mass is 32.1. The van der Waals surface area contributed by atoms with E-state index in [1.54, 1.807) is 6.20 Å². The van der Waals surface area contributed by atoms with Crippen LogP contribution in [-0.4, -0.2) is 51.1 Å². The van der Waals surface area contributed by atoms with Crippen LogP contribution in [0.2, 0.25) is 0 Å². The molecule has 134 valence electrons. The number of carboxylic acid groups (broad SMARTS) is 1. The molecular formula is C15H14F3N3O3S. The van der Waals surface area contributed by atoms with Crippen molar-refractivity contribution in [3.8, 4) is 11.3 Å². The number of rotatable bonds is 3. The lowest BCUT2D eigenvalue weighted by molar-refractivity contribution is -0.227. The zero-order valence-corrected chi connectivity index (χ0v) is 13.9. The number of aromatic nitrogens is 2. The fourth-order valence-electron chi connectivity index (χ4n) is 2.84. The molecule has 3 rings (SSSR count). The Hall–Kier alpha value is -2.36. The first-order chi connectivity index (χ1) is 11.6. The van der Waals surface area contributed by atoms with E-state index in [2.05, 4.69) is 9.97 Å².